The molecule has 3 nitrogen and oxygen atoms in total. The Kier molecular flexibility index (Phi) is 11.7. The third-order valence-electron chi connectivity index (χ3n) is 4.10. The second-order valence-corrected chi connectivity index (χ2v) is 9.51. The molecule has 1 saturated heterocycles. The predicted octanol–water partition coefficient (Wildman–Crippen LogP) is 8.29. The Morgan fingerprint density at radius 1 is 0.759 bits per heavy atom. The van der Waals surface area contributed by atoms with E-state index in [9.17, 15) is 0 Å². The van der Waals surface area contributed by atoms with Crippen molar-refractivity contribution >= 4 is 90.4 Å². The third-order valence-corrected chi connectivity index (χ3v) is 5.32. The van der Waals surface area contributed by atoms with Crippen LogP contribution in [0, 0.1) is 0 Å². The topological polar surface area (TPSA) is 36.8 Å². The van der Waals surface area contributed by atoms with Crippen LogP contribution >= 0.6 is 66.6 Å². The van der Waals surface area contributed by atoms with Crippen molar-refractivity contribution in [1.82, 2.24) is 5.32 Å². The van der Waals surface area contributed by atoms with Crippen molar-refractivity contribution in [3.05, 3.63) is 56.5 Å². The number of halogens is 6. The molecule has 0 aliphatic carbocycles. The van der Waals surface area contributed by atoms with E-state index in [1.165, 1.54) is 0 Å². The van der Waals surface area contributed by atoms with Crippen LogP contribution in [0.15, 0.2) is 46.4 Å². The van der Waals surface area contributed by atoms with Gasteiger partial charge in [0.15, 0.2) is 0 Å². The molecule has 0 aromatic heterocycles. The maximum atomic E-state index is 6.16. The number of aliphatic imine (C=N–C) groups is 2. The van der Waals surface area contributed by atoms with E-state index in [1.54, 1.807) is 36.4 Å². The molecule has 2 aromatic carbocycles. The average molecular weight is 556 g/mol. The SMILES string of the molecule is Clc1cccc(Cl)c1N=CC1CCCC(C=Nc2c(Cl)cccc2Cl)N1.[Cl][Fe][Cl]. The summed E-state index contributed by atoms with van der Waals surface area (Å²) in [5.74, 6) is 0. The molecule has 0 amide bonds. The van der Waals surface area contributed by atoms with Gasteiger partial charge in [0.25, 0.3) is 0 Å². The summed E-state index contributed by atoms with van der Waals surface area (Å²) in [6.45, 7) is 0. The Labute approximate surface area is 205 Å². The molecule has 0 bridgehead atoms. The summed E-state index contributed by atoms with van der Waals surface area (Å²) in [6, 6.07) is 10.9. The molecule has 0 radical (unpaired) electrons. The van der Waals surface area contributed by atoms with Crippen LogP contribution in [0.1, 0.15) is 19.3 Å². The summed E-state index contributed by atoms with van der Waals surface area (Å²) in [7, 11) is 9.53. The third kappa shape index (κ3) is 8.21. The van der Waals surface area contributed by atoms with Crippen LogP contribution in [0.3, 0.4) is 0 Å². The maximum absolute atomic E-state index is 6.16. The van der Waals surface area contributed by atoms with Crippen molar-refractivity contribution in [2.24, 2.45) is 9.98 Å². The van der Waals surface area contributed by atoms with E-state index in [4.69, 9.17) is 66.6 Å². The van der Waals surface area contributed by atoms with Crippen molar-refractivity contribution in [2.75, 3.05) is 0 Å². The Hall–Kier alpha value is -0.000519. The molecule has 1 heterocycles. The van der Waals surface area contributed by atoms with E-state index in [-0.39, 0.29) is 25.2 Å². The number of benzene rings is 2. The van der Waals surface area contributed by atoms with Crippen molar-refractivity contribution < 1.29 is 13.1 Å². The molecule has 29 heavy (non-hydrogen) atoms. The second kappa shape index (κ2) is 13.4. The van der Waals surface area contributed by atoms with Gasteiger partial charge in [-0.1, -0.05) is 58.5 Å². The summed E-state index contributed by atoms with van der Waals surface area (Å²) < 4.78 is 0. The fourth-order valence-corrected chi connectivity index (χ4v) is 3.78. The van der Waals surface area contributed by atoms with E-state index in [1.807, 2.05) is 12.4 Å². The van der Waals surface area contributed by atoms with Crippen LogP contribution in [0.4, 0.5) is 11.4 Å². The Morgan fingerprint density at radius 2 is 1.10 bits per heavy atom. The molecule has 3 rings (SSSR count). The predicted molar refractivity (Wildman–Crippen MR) is 125 cm³/mol. The van der Waals surface area contributed by atoms with Gasteiger partial charge >= 0.3 is 33.3 Å². The zero-order chi connectivity index (χ0) is 21.2. The molecule has 2 atom stereocenters. The van der Waals surface area contributed by atoms with Crippen molar-refractivity contribution in [1.29, 1.82) is 0 Å². The summed E-state index contributed by atoms with van der Waals surface area (Å²) in [5, 5.41) is 5.65. The number of rotatable bonds is 4. The normalized spacial score (nSPS) is 19.5. The Bertz CT molecular complexity index is 754. The first-order valence-corrected chi connectivity index (χ1v) is 13.1. The number of piperidine rings is 1. The molecule has 2 aromatic rings. The number of nitrogens with zero attached hydrogens (tertiary/aromatic N) is 2. The molecule has 158 valence electrons. The van der Waals surface area contributed by atoms with Crippen LogP contribution in [-0.2, 0) is 13.1 Å². The number of para-hydroxylation sites is 2. The Morgan fingerprint density at radius 3 is 1.45 bits per heavy atom. The van der Waals surface area contributed by atoms with Gasteiger partial charge in [-0.3, -0.25) is 9.98 Å². The Balaban J connectivity index is 0.000000941. The molecular formula is C19H17Cl6FeN3. The number of hydrogen-bond acceptors (Lipinski definition) is 3. The quantitative estimate of drug-likeness (QED) is 0.299. The molecule has 1 aliphatic rings. The van der Waals surface area contributed by atoms with E-state index in [0.29, 0.717) is 31.5 Å². The van der Waals surface area contributed by atoms with Gasteiger partial charge in [0.1, 0.15) is 0 Å². The van der Waals surface area contributed by atoms with E-state index >= 15 is 0 Å². The molecule has 1 fully saturated rings. The van der Waals surface area contributed by atoms with Crippen molar-refractivity contribution in [3.63, 3.8) is 0 Å². The van der Waals surface area contributed by atoms with Gasteiger partial charge < -0.3 is 5.32 Å². The summed E-state index contributed by atoms with van der Waals surface area (Å²) >= 11 is 24.8. The van der Waals surface area contributed by atoms with Crippen LogP contribution in [0.25, 0.3) is 0 Å². The molecule has 0 saturated carbocycles. The first-order valence-electron chi connectivity index (χ1n) is 8.54. The van der Waals surface area contributed by atoms with Crippen LogP contribution in [0.2, 0.25) is 20.1 Å². The number of hydrogen-bond donors (Lipinski definition) is 1. The minimum atomic E-state index is 0.120. The zero-order valence-corrected chi connectivity index (χ0v) is 20.6. The summed E-state index contributed by atoms with van der Waals surface area (Å²) in [4.78, 5) is 8.94. The standard InChI is InChI=1S/C19H17Cl4N3.2ClH.Fe/c20-14-6-2-7-15(21)18(14)24-10-12-4-1-5-13(26-12)11-25-19-16(22)8-3-9-17(19)23;;;/h2-3,6-13,26H,1,4-5H2;2*1H;/q;;;+2/p-2. The zero-order valence-electron chi connectivity index (χ0n) is 14.9. The van der Waals surface area contributed by atoms with Crippen LogP contribution in [0.5, 0.6) is 0 Å². The van der Waals surface area contributed by atoms with Crippen molar-refractivity contribution in [3.8, 4) is 0 Å². The first kappa shape index (κ1) is 25.3. The van der Waals surface area contributed by atoms with Gasteiger partial charge in [-0.05, 0) is 43.5 Å². The molecule has 10 heteroatoms. The monoisotopic (exact) mass is 553 g/mol. The van der Waals surface area contributed by atoms with E-state index < -0.39 is 0 Å². The van der Waals surface area contributed by atoms with Gasteiger partial charge in [0, 0.05) is 24.5 Å². The molecule has 2 unspecified atom stereocenters. The fraction of sp³-hybridized carbons (Fsp3) is 0.263. The number of nitrogens with one attached hydrogen (secondary N) is 1. The molecule has 1 N–H and O–H groups in total. The fourth-order valence-electron chi connectivity index (χ4n) is 2.79. The van der Waals surface area contributed by atoms with E-state index in [2.05, 4.69) is 15.3 Å². The van der Waals surface area contributed by atoms with Crippen molar-refractivity contribution in [2.45, 2.75) is 31.3 Å². The van der Waals surface area contributed by atoms with Crippen LogP contribution < -0.4 is 5.32 Å². The molecule has 0 spiro atoms. The molecule has 1 aliphatic heterocycles. The summed E-state index contributed by atoms with van der Waals surface area (Å²) in [5.41, 5.74) is 1.19. The van der Waals surface area contributed by atoms with Gasteiger partial charge in [-0.15, -0.1) is 0 Å². The second-order valence-electron chi connectivity index (χ2n) is 6.06. The van der Waals surface area contributed by atoms with Crippen LogP contribution in [-0.4, -0.2) is 24.5 Å². The van der Waals surface area contributed by atoms with Gasteiger partial charge in [0.2, 0.25) is 0 Å². The summed E-state index contributed by atoms with van der Waals surface area (Å²) in [6.07, 6.45) is 6.75. The van der Waals surface area contributed by atoms with E-state index in [0.717, 1.165) is 19.3 Å². The van der Waals surface area contributed by atoms with Gasteiger partial charge in [-0.2, -0.15) is 0 Å². The minimum absolute atomic E-state index is 0.120. The van der Waals surface area contributed by atoms with Gasteiger partial charge in [-0.25, -0.2) is 0 Å². The molecular weight excluding hydrogens is 539 g/mol. The average Bonchev–Trinajstić information content (AvgIpc) is 2.68. The van der Waals surface area contributed by atoms with Gasteiger partial charge in [0.05, 0.1) is 31.5 Å². The first-order chi connectivity index (χ1) is 14.0.